The van der Waals surface area contributed by atoms with Crippen molar-refractivity contribution < 1.29 is 5.11 Å². The zero-order valence-corrected chi connectivity index (χ0v) is 11.4. The standard InChI is InChI=1S/C16H20N2O/c1-18(2)15-11-7-6-10-14(15)17-12-16(19)13-8-4-3-5-9-13/h3-11,16-17,19H,12H2,1-2H3. The van der Waals surface area contributed by atoms with Crippen LogP contribution in [-0.4, -0.2) is 25.7 Å². The highest BCUT2D eigenvalue weighted by Gasteiger charge is 2.08. The molecular formula is C16H20N2O. The summed E-state index contributed by atoms with van der Waals surface area (Å²) in [5.41, 5.74) is 3.07. The maximum atomic E-state index is 10.1. The second-order valence-corrected chi connectivity index (χ2v) is 4.72. The lowest BCUT2D eigenvalue weighted by atomic mass is 10.1. The molecule has 0 aliphatic rings. The van der Waals surface area contributed by atoms with E-state index in [0.29, 0.717) is 6.54 Å². The Labute approximate surface area is 114 Å². The first kappa shape index (κ1) is 13.4. The summed E-state index contributed by atoms with van der Waals surface area (Å²) in [5, 5.41) is 13.4. The van der Waals surface area contributed by atoms with E-state index in [0.717, 1.165) is 16.9 Å². The predicted octanol–water partition coefficient (Wildman–Crippen LogP) is 2.90. The van der Waals surface area contributed by atoms with Crippen molar-refractivity contribution in [1.82, 2.24) is 0 Å². The van der Waals surface area contributed by atoms with Gasteiger partial charge in [0.05, 0.1) is 17.5 Å². The van der Waals surface area contributed by atoms with Gasteiger partial charge in [0, 0.05) is 20.6 Å². The van der Waals surface area contributed by atoms with Gasteiger partial charge in [0.1, 0.15) is 0 Å². The number of anilines is 2. The van der Waals surface area contributed by atoms with Crippen molar-refractivity contribution in [2.24, 2.45) is 0 Å². The Balaban J connectivity index is 2.03. The van der Waals surface area contributed by atoms with Crippen LogP contribution in [0.4, 0.5) is 11.4 Å². The summed E-state index contributed by atoms with van der Waals surface area (Å²) in [4.78, 5) is 2.05. The van der Waals surface area contributed by atoms with Crippen molar-refractivity contribution in [3.63, 3.8) is 0 Å². The summed E-state index contributed by atoms with van der Waals surface area (Å²) < 4.78 is 0. The van der Waals surface area contributed by atoms with Crippen molar-refractivity contribution in [1.29, 1.82) is 0 Å². The maximum absolute atomic E-state index is 10.1. The molecule has 19 heavy (non-hydrogen) atoms. The average molecular weight is 256 g/mol. The Morgan fingerprint density at radius 2 is 1.63 bits per heavy atom. The van der Waals surface area contributed by atoms with E-state index in [1.54, 1.807) is 0 Å². The number of aliphatic hydroxyl groups excluding tert-OH is 1. The molecule has 0 spiro atoms. The highest BCUT2D eigenvalue weighted by Crippen LogP contribution is 2.24. The third-order valence-electron chi connectivity index (χ3n) is 3.06. The molecule has 0 saturated heterocycles. The van der Waals surface area contributed by atoms with Crippen molar-refractivity contribution in [3.05, 3.63) is 60.2 Å². The first-order chi connectivity index (χ1) is 9.18. The van der Waals surface area contributed by atoms with E-state index in [4.69, 9.17) is 0 Å². The molecule has 3 heteroatoms. The number of hydrogen-bond acceptors (Lipinski definition) is 3. The van der Waals surface area contributed by atoms with E-state index < -0.39 is 6.10 Å². The maximum Gasteiger partial charge on any atom is 0.0962 e. The number of aliphatic hydroxyl groups is 1. The van der Waals surface area contributed by atoms with Gasteiger partial charge in [0.25, 0.3) is 0 Å². The summed E-state index contributed by atoms with van der Waals surface area (Å²) in [6.45, 7) is 0.495. The molecular weight excluding hydrogens is 236 g/mol. The zero-order valence-electron chi connectivity index (χ0n) is 11.4. The molecule has 0 saturated carbocycles. The summed E-state index contributed by atoms with van der Waals surface area (Å²) in [7, 11) is 4.02. The SMILES string of the molecule is CN(C)c1ccccc1NCC(O)c1ccccc1. The molecule has 2 aromatic rings. The van der Waals surface area contributed by atoms with Gasteiger partial charge in [-0.3, -0.25) is 0 Å². The molecule has 1 atom stereocenters. The molecule has 0 fully saturated rings. The normalized spacial score (nSPS) is 11.9. The average Bonchev–Trinajstić information content (AvgIpc) is 2.46. The Hall–Kier alpha value is -2.00. The molecule has 0 amide bonds. The topological polar surface area (TPSA) is 35.5 Å². The van der Waals surface area contributed by atoms with Gasteiger partial charge in [0.2, 0.25) is 0 Å². The van der Waals surface area contributed by atoms with Crippen LogP contribution in [0.15, 0.2) is 54.6 Å². The third kappa shape index (κ3) is 3.48. The minimum Gasteiger partial charge on any atom is -0.387 e. The summed E-state index contributed by atoms with van der Waals surface area (Å²) in [6.07, 6.45) is -0.503. The van der Waals surface area contributed by atoms with Crippen LogP contribution in [-0.2, 0) is 0 Å². The summed E-state index contributed by atoms with van der Waals surface area (Å²) >= 11 is 0. The first-order valence-electron chi connectivity index (χ1n) is 6.41. The molecule has 2 aromatic carbocycles. The molecule has 0 aromatic heterocycles. The first-order valence-corrected chi connectivity index (χ1v) is 6.41. The van der Waals surface area contributed by atoms with Gasteiger partial charge in [-0.05, 0) is 17.7 Å². The van der Waals surface area contributed by atoms with Crippen LogP contribution in [0.1, 0.15) is 11.7 Å². The van der Waals surface area contributed by atoms with Gasteiger partial charge in [-0.25, -0.2) is 0 Å². The quantitative estimate of drug-likeness (QED) is 0.863. The molecule has 1 unspecified atom stereocenters. The van der Waals surface area contributed by atoms with Crippen LogP contribution in [0.3, 0.4) is 0 Å². The fraction of sp³-hybridized carbons (Fsp3) is 0.250. The van der Waals surface area contributed by atoms with Gasteiger partial charge in [-0.15, -0.1) is 0 Å². The van der Waals surface area contributed by atoms with Crippen LogP contribution >= 0.6 is 0 Å². The molecule has 100 valence electrons. The molecule has 2 rings (SSSR count). The second-order valence-electron chi connectivity index (χ2n) is 4.72. The molecule has 0 heterocycles. The number of nitrogens with zero attached hydrogens (tertiary/aromatic N) is 1. The molecule has 2 N–H and O–H groups in total. The zero-order chi connectivity index (χ0) is 13.7. The van der Waals surface area contributed by atoms with E-state index in [9.17, 15) is 5.11 Å². The second kappa shape index (κ2) is 6.25. The van der Waals surface area contributed by atoms with E-state index in [1.807, 2.05) is 62.6 Å². The van der Waals surface area contributed by atoms with E-state index in [2.05, 4.69) is 16.3 Å². The van der Waals surface area contributed by atoms with Crippen LogP contribution in [0.25, 0.3) is 0 Å². The van der Waals surface area contributed by atoms with Crippen LogP contribution in [0.5, 0.6) is 0 Å². The summed E-state index contributed by atoms with van der Waals surface area (Å²) in [5.74, 6) is 0. The number of rotatable bonds is 5. The molecule has 0 radical (unpaired) electrons. The highest BCUT2D eigenvalue weighted by molar-refractivity contribution is 5.69. The molecule has 0 bridgehead atoms. The van der Waals surface area contributed by atoms with Gasteiger partial charge in [-0.2, -0.15) is 0 Å². The van der Waals surface area contributed by atoms with Crippen LogP contribution in [0.2, 0.25) is 0 Å². The Morgan fingerprint density at radius 1 is 1.00 bits per heavy atom. The minimum atomic E-state index is -0.503. The van der Waals surface area contributed by atoms with Crippen molar-refractivity contribution in [2.75, 3.05) is 30.9 Å². The van der Waals surface area contributed by atoms with Crippen molar-refractivity contribution in [2.45, 2.75) is 6.10 Å². The molecule has 3 nitrogen and oxygen atoms in total. The number of benzene rings is 2. The third-order valence-corrected chi connectivity index (χ3v) is 3.06. The minimum absolute atomic E-state index is 0.495. The lowest BCUT2D eigenvalue weighted by molar-refractivity contribution is 0.191. The smallest absolute Gasteiger partial charge is 0.0962 e. The number of para-hydroxylation sites is 2. The largest absolute Gasteiger partial charge is 0.387 e. The monoisotopic (exact) mass is 256 g/mol. The lowest BCUT2D eigenvalue weighted by Crippen LogP contribution is -2.16. The number of nitrogens with one attached hydrogen (secondary N) is 1. The van der Waals surface area contributed by atoms with Gasteiger partial charge in [0.15, 0.2) is 0 Å². The Morgan fingerprint density at radius 3 is 2.32 bits per heavy atom. The van der Waals surface area contributed by atoms with Crippen LogP contribution < -0.4 is 10.2 Å². The Bertz CT molecular complexity index is 511. The highest BCUT2D eigenvalue weighted by atomic mass is 16.3. The van der Waals surface area contributed by atoms with Gasteiger partial charge < -0.3 is 15.3 Å². The van der Waals surface area contributed by atoms with Crippen molar-refractivity contribution >= 4 is 11.4 Å². The van der Waals surface area contributed by atoms with E-state index in [-0.39, 0.29) is 0 Å². The van der Waals surface area contributed by atoms with Gasteiger partial charge in [-0.1, -0.05) is 42.5 Å². The predicted molar refractivity (Wildman–Crippen MR) is 80.7 cm³/mol. The van der Waals surface area contributed by atoms with Crippen molar-refractivity contribution in [3.8, 4) is 0 Å². The lowest BCUT2D eigenvalue weighted by Gasteiger charge is -2.20. The molecule has 0 aliphatic carbocycles. The van der Waals surface area contributed by atoms with E-state index in [1.165, 1.54) is 0 Å². The van der Waals surface area contributed by atoms with E-state index >= 15 is 0 Å². The number of hydrogen-bond donors (Lipinski definition) is 2. The molecule has 0 aliphatic heterocycles. The summed E-state index contributed by atoms with van der Waals surface area (Å²) in [6, 6.07) is 17.8. The Kier molecular flexibility index (Phi) is 4.42. The fourth-order valence-corrected chi connectivity index (χ4v) is 2.01. The fourth-order valence-electron chi connectivity index (χ4n) is 2.01. The van der Waals surface area contributed by atoms with Gasteiger partial charge >= 0.3 is 0 Å². The van der Waals surface area contributed by atoms with Crippen LogP contribution in [0, 0.1) is 0 Å².